The van der Waals surface area contributed by atoms with E-state index in [9.17, 15) is 0 Å². The lowest BCUT2D eigenvalue weighted by Gasteiger charge is -2.20. The quantitative estimate of drug-likeness (QED) is 0.862. The SMILES string of the molecule is [2H]c1c([2H])c([2H])c(C(CC([2H])([2H])NC([2H])([2H])[2H])Oc2ccccc2C([2H])([2H])[2H])c([2H])c1[2H]. The number of nitrogens with one attached hydrogen (secondary N) is 1. The molecule has 0 amide bonds. The van der Waals surface area contributed by atoms with E-state index >= 15 is 0 Å². The zero-order chi connectivity index (χ0) is 24.6. The van der Waals surface area contributed by atoms with Crippen LogP contribution in [0, 0.1) is 6.85 Å². The summed E-state index contributed by atoms with van der Waals surface area (Å²) < 4.78 is 106. The Hall–Kier alpha value is -1.80. The second-order valence-corrected chi connectivity index (χ2v) is 3.65. The molecule has 2 aromatic rings. The van der Waals surface area contributed by atoms with Crippen LogP contribution in [-0.4, -0.2) is 13.5 Å². The largest absolute Gasteiger partial charge is 0.485 e. The molecule has 0 saturated carbocycles. The molecule has 0 aliphatic rings. The standard InChI is InChI=1S/C17H21NO/c1-14-8-6-7-11-16(14)19-17(12-13-18-2)15-9-4-3-5-10-15/h3-11,17-18H,12-13H2,1-2H3/i1D3,2D3,3D,4D,5D,9D,10D,13D2. The predicted molar refractivity (Wildman–Crippen MR) is 79.5 cm³/mol. The Morgan fingerprint density at radius 2 is 2.16 bits per heavy atom. The number of para-hydroxylation sites is 1. The Balaban J connectivity index is 2.66. The van der Waals surface area contributed by atoms with Crippen LogP contribution in [0.25, 0.3) is 0 Å². The van der Waals surface area contributed by atoms with Crippen molar-refractivity contribution in [1.29, 1.82) is 0 Å². The molecule has 0 aliphatic carbocycles. The summed E-state index contributed by atoms with van der Waals surface area (Å²) in [6.07, 6.45) is -2.41. The van der Waals surface area contributed by atoms with Crippen molar-refractivity contribution in [2.24, 2.45) is 0 Å². The molecule has 100 valence electrons. The summed E-state index contributed by atoms with van der Waals surface area (Å²) in [4.78, 5) is 0. The van der Waals surface area contributed by atoms with Gasteiger partial charge in [0.25, 0.3) is 0 Å². The van der Waals surface area contributed by atoms with E-state index in [4.69, 9.17) is 22.6 Å². The molecule has 1 N–H and O–H groups in total. The molecule has 2 rings (SSSR count). The van der Waals surface area contributed by atoms with E-state index in [1.54, 1.807) is 5.32 Å². The predicted octanol–water partition coefficient (Wildman–Crippen LogP) is 3.72. The van der Waals surface area contributed by atoms with Gasteiger partial charge in [0, 0.05) is 17.4 Å². The van der Waals surface area contributed by atoms with E-state index in [1.807, 2.05) is 0 Å². The van der Waals surface area contributed by atoms with E-state index in [1.165, 1.54) is 24.3 Å². The van der Waals surface area contributed by atoms with Gasteiger partial charge in [-0.05, 0) is 37.5 Å². The van der Waals surface area contributed by atoms with Gasteiger partial charge < -0.3 is 10.1 Å². The number of hydrogen-bond donors (Lipinski definition) is 1. The Morgan fingerprint density at radius 3 is 2.95 bits per heavy atom. The molecule has 0 aromatic heterocycles. The van der Waals surface area contributed by atoms with Crippen molar-refractivity contribution in [3.63, 3.8) is 0 Å². The first-order valence-corrected chi connectivity index (χ1v) is 5.57. The van der Waals surface area contributed by atoms with Crippen LogP contribution in [0.4, 0.5) is 0 Å². The molecule has 1 unspecified atom stereocenters. The summed E-state index contributed by atoms with van der Waals surface area (Å²) in [5.74, 6) is -0.214. The van der Waals surface area contributed by atoms with Gasteiger partial charge in [-0.2, -0.15) is 0 Å². The first-order valence-electron chi connectivity index (χ1n) is 12.1. The Labute approximate surface area is 133 Å². The lowest BCUT2D eigenvalue weighted by atomic mass is 10.1. The van der Waals surface area contributed by atoms with Crippen LogP contribution in [0.15, 0.2) is 54.5 Å². The zero-order valence-corrected chi connectivity index (χ0v) is 10.0. The molecule has 1 atom stereocenters. The van der Waals surface area contributed by atoms with Crippen LogP contribution < -0.4 is 10.1 Å². The van der Waals surface area contributed by atoms with Gasteiger partial charge >= 0.3 is 0 Å². The van der Waals surface area contributed by atoms with Gasteiger partial charge in [-0.3, -0.25) is 0 Å². The summed E-state index contributed by atoms with van der Waals surface area (Å²) in [7, 11) is 0. The average molecular weight is 268 g/mol. The minimum Gasteiger partial charge on any atom is -0.485 e. The summed E-state index contributed by atoms with van der Waals surface area (Å²) in [5.41, 5.74) is -0.658. The third-order valence-electron chi connectivity index (χ3n) is 2.37. The van der Waals surface area contributed by atoms with Gasteiger partial charge in [-0.15, -0.1) is 0 Å². The molecular formula is C17H21NO. The molecule has 2 nitrogen and oxygen atoms in total. The molecule has 2 heteroatoms. The number of rotatable bonds is 6. The van der Waals surface area contributed by atoms with Crippen LogP contribution in [-0.2, 0) is 0 Å². The van der Waals surface area contributed by atoms with Crippen LogP contribution in [0.3, 0.4) is 0 Å². The second-order valence-electron chi connectivity index (χ2n) is 3.65. The fraction of sp³-hybridized carbons (Fsp3) is 0.294. The van der Waals surface area contributed by atoms with Crippen molar-refractivity contribution in [2.45, 2.75) is 19.4 Å². The molecule has 19 heavy (non-hydrogen) atoms. The van der Waals surface area contributed by atoms with Gasteiger partial charge in [-0.25, -0.2) is 0 Å². The summed E-state index contributed by atoms with van der Waals surface area (Å²) in [5, 5.41) is 1.79. The molecule has 0 spiro atoms. The lowest BCUT2D eigenvalue weighted by molar-refractivity contribution is 0.193. The third-order valence-corrected chi connectivity index (χ3v) is 2.37. The first kappa shape index (κ1) is 4.64. The maximum Gasteiger partial charge on any atom is 0.125 e. The second kappa shape index (κ2) is 6.95. The highest BCUT2D eigenvalue weighted by atomic mass is 16.5. The van der Waals surface area contributed by atoms with Gasteiger partial charge in [0.15, 0.2) is 0 Å². The normalized spacial score (nSPS) is 24.1. The van der Waals surface area contributed by atoms with Crippen molar-refractivity contribution >= 4 is 0 Å². The fourth-order valence-corrected chi connectivity index (χ4v) is 1.49. The molecule has 2 aromatic carbocycles. The van der Waals surface area contributed by atoms with E-state index in [2.05, 4.69) is 0 Å². The molecule has 0 fully saturated rings. The molecule has 0 radical (unpaired) electrons. The minimum absolute atomic E-state index is 0.214. The molecule has 0 saturated heterocycles. The molecular weight excluding hydrogens is 234 g/mol. The van der Waals surface area contributed by atoms with E-state index in [0.717, 1.165) is 0 Å². The number of benzene rings is 2. The maximum absolute atomic E-state index is 8.18. The summed E-state index contributed by atoms with van der Waals surface area (Å²) >= 11 is 0. The zero-order valence-electron chi connectivity index (χ0n) is 23.0. The topological polar surface area (TPSA) is 21.3 Å². The lowest BCUT2D eigenvalue weighted by Crippen LogP contribution is -2.16. The van der Waals surface area contributed by atoms with Gasteiger partial charge in [0.1, 0.15) is 11.9 Å². The van der Waals surface area contributed by atoms with E-state index in [-0.39, 0.29) is 11.3 Å². The average Bonchev–Trinajstić information content (AvgIpc) is 2.62. The number of ether oxygens (including phenoxy) is 1. The third kappa shape index (κ3) is 3.83. The number of aryl methyl sites for hydroxylation is 1. The van der Waals surface area contributed by atoms with E-state index < -0.39 is 68.6 Å². The maximum atomic E-state index is 8.18. The monoisotopic (exact) mass is 268 g/mol. The summed E-state index contributed by atoms with van der Waals surface area (Å²) in [6, 6.07) is 2.06. The van der Waals surface area contributed by atoms with Gasteiger partial charge in [0.2, 0.25) is 0 Å². The van der Waals surface area contributed by atoms with E-state index in [0.29, 0.717) is 0 Å². The highest BCUT2D eigenvalue weighted by Crippen LogP contribution is 2.26. The van der Waals surface area contributed by atoms with Crippen molar-refractivity contribution in [3.8, 4) is 5.75 Å². The van der Waals surface area contributed by atoms with Crippen LogP contribution in [0.5, 0.6) is 5.75 Å². The van der Waals surface area contributed by atoms with Crippen molar-refractivity contribution < 1.29 is 22.6 Å². The first-order chi connectivity index (χ1) is 14.4. The molecule has 0 aliphatic heterocycles. The highest BCUT2D eigenvalue weighted by molar-refractivity contribution is 5.33. The van der Waals surface area contributed by atoms with Crippen LogP contribution >= 0.6 is 0 Å². The smallest absolute Gasteiger partial charge is 0.125 e. The van der Waals surface area contributed by atoms with Crippen molar-refractivity contribution in [2.75, 3.05) is 13.5 Å². The fourth-order valence-electron chi connectivity index (χ4n) is 1.49. The summed E-state index contributed by atoms with van der Waals surface area (Å²) in [6.45, 7) is -8.13. The van der Waals surface area contributed by atoms with Gasteiger partial charge in [0.05, 0.1) is 6.85 Å². The van der Waals surface area contributed by atoms with Crippen LogP contribution in [0.2, 0.25) is 0 Å². The molecule has 0 heterocycles. The van der Waals surface area contributed by atoms with Crippen molar-refractivity contribution in [1.82, 2.24) is 5.32 Å². The van der Waals surface area contributed by atoms with Gasteiger partial charge in [-0.1, -0.05) is 48.4 Å². The van der Waals surface area contributed by atoms with Crippen molar-refractivity contribution in [3.05, 3.63) is 65.6 Å². The number of hydrogen-bond acceptors (Lipinski definition) is 2. The Kier molecular flexibility index (Phi) is 1.70. The molecule has 0 bridgehead atoms. The Morgan fingerprint density at radius 1 is 1.32 bits per heavy atom. The Bertz CT molecular complexity index is 955. The minimum atomic E-state index is -2.88. The van der Waals surface area contributed by atoms with Crippen LogP contribution in [0.1, 0.15) is 41.5 Å². The highest BCUT2D eigenvalue weighted by Gasteiger charge is 2.13.